The van der Waals surface area contributed by atoms with Gasteiger partial charge in [0, 0.05) is 46.6 Å². The van der Waals surface area contributed by atoms with Crippen molar-refractivity contribution in [3.63, 3.8) is 0 Å². The van der Waals surface area contributed by atoms with Crippen molar-refractivity contribution in [1.82, 2.24) is 19.7 Å². The fraction of sp³-hybridized carbons (Fsp3) is 0.111. The van der Waals surface area contributed by atoms with Crippen LogP contribution in [0.1, 0.15) is 12.5 Å². The number of hydrogen-bond donors (Lipinski definition) is 3. The van der Waals surface area contributed by atoms with Crippen LogP contribution in [0.5, 0.6) is 0 Å². The van der Waals surface area contributed by atoms with Crippen LogP contribution in [0.4, 0.5) is 11.4 Å². The van der Waals surface area contributed by atoms with Crippen LogP contribution >= 0.6 is 11.8 Å². The summed E-state index contributed by atoms with van der Waals surface area (Å²) in [5.41, 5.74) is 5.32. The van der Waals surface area contributed by atoms with Crippen LogP contribution in [0.15, 0.2) is 84.1 Å². The molecular formula is C27H24N6O2S. The topological polar surface area (TPSA) is 105 Å². The molecule has 0 fully saturated rings. The molecule has 0 bridgehead atoms. The van der Waals surface area contributed by atoms with Crippen LogP contribution in [0.2, 0.25) is 0 Å². The second-order valence-electron chi connectivity index (χ2n) is 8.32. The number of hydrogen-bond acceptors (Lipinski definition) is 5. The molecule has 0 radical (unpaired) electrons. The van der Waals surface area contributed by atoms with Gasteiger partial charge in [-0.05, 0) is 55.0 Å². The largest absolute Gasteiger partial charge is 0.360 e. The van der Waals surface area contributed by atoms with E-state index in [4.69, 9.17) is 0 Å². The lowest BCUT2D eigenvalue weighted by atomic mass is 10.1. The third-order valence-corrected chi connectivity index (χ3v) is 6.47. The first-order valence-electron chi connectivity index (χ1n) is 11.4. The highest BCUT2D eigenvalue weighted by Gasteiger charge is 2.20. The van der Waals surface area contributed by atoms with Gasteiger partial charge >= 0.3 is 0 Å². The Morgan fingerprint density at radius 2 is 1.69 bits per heavy atom. The summed E-state index contributed by atoms with van der Waals surface area (Å²) in [6.07, 6.45) is 1.94. The highest BCUT2D eigenvalue weighted by atomic mass is 32.2. The molecule has 3 N–H and O–H groups in total. The lowest BCUT2D eigenvalue weighted by Crippen LogP contribution is -2.14. The van der Waals surface area contributed by atoms with Gasteiger partial charge in [-0.1, -0.05) is 42.1 Å². The van der Waals surface area contributed by atoms with Gasteiger partial charge in [0.15, 0.2) is 11.0 Å². The van der Waals surface area contributed by atoms with E-state index in [1.165, 1.54) is 18.7 Å². The number of amides is 2. The number of aromatic nitrogens is 4. The number of nitrogens with one attached hydrogen (secondary N) is 3. The molecule has 36 heavy (non-hydrogen) atoms. The fourth-order valence-corrected chi connectivity index (χ4v) is 4.71. The first-order valence-corrected chi connectivity index (χ1v) is 12.4. The molecule has 0 aliphatic carbocycles. The normalized spacial score (nSPS) is 10.9. The third-order valence-electron chi connectivity index (χ3n) is 5.54. The summed E-state index contributed by atoms with van der Waals surface area (Å²) in [7, 11) is 0. The van der Waals surface area contributed by atoms with Crippen LogP contribution in [-0.2, 0) is 9.59 Å². The summed E-state index contributed by atoms with van der Waals surface area (Å²) < 4.78 is 1.99. The van der Waals surface area contributed by atoms with E-state index in [-0.39, 0.29) is 17.6 Å². The van der Waals surface area contributed by atoms with Crippen molar-refractivity contribution in [2.24, 2.45) is 0 Å². The van der Waals surface area contributed by atoms with E-state index < -0.39 is 0 Å². The van der Waals surface area contributed by atoms with E-state index in [1.807, 2.05) is 60.2 Å². The van der Waals surface area contributed by atoms with Crippen molar-refractivity contribution in [2.45, 2.75) is 19.0 Å². The van der Waals surface area contributed by atoms with Gasteiger partial charge in [-0.3, -0.25) is 14.2 Å². The predicted octanol–water partition coefficient (Wildman–Crippen LogP) is 5.41. The van der Waals surface area contributed by atoms with E-state index in [9.17, 15) is 9.59 Å². The zero-order valence-corrected chi connectivity index (χ0v) is 20.6. The summed E-state index contributed by atoms with van der Waals surface area (Å²) in [5.74, 6) is 0.549. The lowest BCUT2D eigenvalue weighted by Gasteiger charge is -2.11. The molecule has 180 valence electrons. The number of thioether (sulfide) groups is 1. The van der Waals surface area contributed by atoms with E-state index in [1.54, 1.807) is 24.3 Å². The number of nitrogens with zero attached hydrogens (tertiary/aromatic N) is 3. The Bertz CT molecular complexity index is 1550. The summed E-state index contributed by atoms with van der Waals surface area (Å²) in [5, 5.41) is 16.2. The zero-order chi connectivity index (χ0) is 25.1. The van der Waals surface area contributed by atoms with Crippen molar-refractivity contribution >= 4 is 45.9 Å². The van der Waals surface area contributed by atoms with E-state index in [2.05, 4.69) is 31.9 Å². The van der Waals surface area contributed by atoms with Gasteiger partial charge < -0.3 is 15.6 Å². The highest BCUT2D eigenvalue weighted by Crippen LogP contribution is 2.32. The van der Waals surface area contributed by atoms with Gasteiger partial charge in [0.1, 0.15) is 0 Å². The standard InChI is InChI=1S/C27H24N6O2S/c1-17-6-5-7-21(14-17)33-26(23-15-28-24-9-4-3-8-22(23)24)31-32-27(33)36-16-25(35)30-20-12-10-19(11-13-20)29-18(2)34/h3-15,28H,16H2,1-2H3,(H,29,34)(H,30,35). The van der Waals surface area contributed by atoms with Gasteiger partial charge in [0.25, 0.3) is 0 Å². The summed E-state index contributed by atoms with van der Waals surface area (Å²) in [4.78, 5) is 27.2. The van der Waals surface area contributed by atoms with Crippen LogP contribution in [0.25, 0.3) is 28.0 Å². The monoisotopic (exact) mass is 496 g/mol. The second-order valence-corrected chi connectivity index (χ2v) is 9.27. The number of aryl methyl sites for hydroxylation is 1. The first-order chi connectivity index (χ1) is 17.5. The SMILES string of the molecule is CC(=O)Nc1ccc(NC(=O)CSc2nnc(-c3c[nH]c4ccccc34)n2-c2cccc(C)c2)cc1. The maximum absolute atomic E-state index is 12.7. The van der Waals surface area contributed by atoms with Crippen LogP contribution in [-0.4, -0.2) is 37.3 Å². The molecule has 0 aliphatic heterocycles. The molecule has 2 amide bonds. The van der Waals surface area contributed by atoms with Gasteiger partial charge in [-0.2, -0.15) is 0 Å². The van der Waals surface area contributed by atoms with E-state index in [0.29, 0.717) is 22.4 Å². The number of para-hydroxylation sites is 1. The number of H-pyrrole nitrogens is 1. The maximum atomic E-state index is 12.7. The minimum Gasteiger partial charge on any atom is -0.360 e. The smallest absolute Gasteiger partial charge is 0.234 e. The Labute approximate surface area is 212 Å². The number of benzene rings is 3. The minimum absolute atomic E-state index is 0.145. The Morgan fingerprint density at radius 3 is 2.44 bits per heavy atom. The summed E-state index contributed by atoms with van der Waals surface area (Å²) in [6, 6.07) is 23.2. The Balaban J connectivity index is 1.39. The molecule has 0 atom stereocenters. The molecule has 0 saturated heterocycles. The Hall–Kier alpha value is -4.37. The molecule has 0 spiro atoms. The van der Waals surface area contributed by atoms with Crippen LogP contribution in [0.3, 0.4) is 0 Å². The molecule has 3 aromatic carbocycles. The number of rotatable bonds is 7. The molecule has 2 heterocycles. The number of carbonyl (C=O) groups excluding carboxylic acids is 2. The van der Waals surface area contributed by atoms with Gasteiger partial charge in [0.05, 0.1) is 5.75 Å². The molecule has 8 nitrogen and oxygen atoms in total. The fourth-order valence-electron chi connectivity index (χ4n) is 3.96. The number of aromatic amines is 1. The van der Waals surface area contributed by atoms with E-state index >= 15 is 0 Å². The maximum Gasteiger partial charge on any atom is 0.234 e. The van der Waals surface area contributed by atoms with Crippen molar-refractivity contribution in [3.05, 3.63) is 84.6 Å². The van der Waals surface area contributed by atoms with Crippen molar-refractivity contribution in [2.75, 3.05) is 16.4 Å². The van der Waals surface area contributed by atoms with Gasteiger partial charge in [0.2, 0.25) is 11.8 Å². The molecule has 0 unspecified atom stereocenters. The van der Waals surface area contributed by atoms with Crippen LogP contribution < -0.4 is 10.6 Å². The lowest BCUT2D eigenvalue weighted by molar-refractivity contribution is -0.114. The Kier molecular flexibility index (Phi) is 6.55. The van der Waals surface area contributed by atoms with Gasteiger partial charge in [-0.25, -0.2) is 0 Å². The number of anilines is 2. The molecule has 5 aromatic rings. The third kappa shape index (κ3) is 5.01. The highest BCUT2D eigenvalue weighted by molar-refractivity contribution is 7.99. The molecule has 9 heteroatoms. The van der Waals surface area contributed by atoms with E-state index in [0.717, 1.165) is 27.7 Å². The minimum atomic E-state index is -0.167. The average molecular weight is 497 g/mol. The van der Waals surface area contributed by atoms with Crippen molar-refractivity contribution in [1.29, 1.82) is 0 Å². The second kappa shape index (κ2) is 10.1. The first kappa shape index (κ1) is 23.4. The summed E-state index contributed by atoms with van der Waals surface area (Å²) >= 11 is 1.32. The molecule has 2 aromatic heterocycles. The molecule has 0 saturated carbocycles. The van der Waals surface area contributed by atoms with Crippen LogP contribution in [0, 0.1) is 6.92 Å². The number of carbonyl (C=O) groups is 2. The number of fused-ring (bicyclic) bond motifs is 1. The molecule has 0 aliphatic rings. The average Bonchev–Trinajstić information content (AvgIpc) is 3.47. The molecular weight excluding hydrogens is 472 g/mol. The quantitative estimate of drug-likeness (QED) is 0.261. The summed E-state index contributed by atoms with van der Waals surface area (Å²) in [6.45, 7) is 3.49. The zero-order valence-electron chi connectivity index (χ0n) is 19.8. The van der Waals surface area contributed by atoms with Crippen molar-refractivity contribution in [3.8, 4) is 17.1 Å². The van der Waals surface area contributed by atoms with Crippen molar-refractivity contribution < 1.29 is 9.59 Å². The molecule has 5 rings (SSSR count). The van der Waals surface area contributed by atoms with Gasteiger partial charge in [-0.15, -0.1) is 10.2 Å². The Morgan fingerprint density at radius 1 is 0.944 bits per heavy atom. The predicted molar refractivity (Wildman–Crippen MR) is 143 cm³/mol.